The van der Waals surface area contributed by atoms with Gasteiger partial charge in [0.05, 0.1) is 6.54 Å². The normalized spacial score (nSPS) is 12.1. The van der Waals surface area contributed by atoms with Crippen LogP contribution in [0, 0.1) is 6.92 Å². The SMILES string of the molecule is Cc1cccc(OC[C@H](O)Cn2c(N(C)Cc3ccccc3)nc3c2c(=O)[nH]c(=O)n3C)c1. The highest BCUT2D eigenvalue weighted by molar-refractivity contribution is 5.74. The maximum absolute atomic E-state index is 12.7. The number of nitrogens with zero attached hydrogens (tertiary/aromatic N) is 4. The molecule has 0 amide bonds. The first-order chi connectivity index (χ1) is 15.8. The van der Waals surface area contributed by atoms with Gasteiger partial charge in [-0.1, -0.05) is 42.5 Å². The molecule has 2 heterocycles. The van der Waals surface area contributed by atoms with Crippen molar-refractivity contribution in [2.24, 2.45) is 7.05 Å². The van der Waals surface area contributed by atoms with Gasteiger partial charge in [-0.25, -0.2) is 4.79 Å². The largest absolute Gasteiger partial charge is 0.491 e. The van der Waals surface area contributed by atoms with E-state index in [0.29, 0.717) is 18.2 Å². The van der Waals surface area contributed by atoms with Crippen LogP contribution in [-0.4, -0.2) is 44.0 Å². The van der Waals surface area contributed by atoms with Crippen molar-refractivity contribution in [1.29, 1.82) is 0 Å². The van der Waals surface area contributed by atoms with E-state index in [-0.39, 0.29) is 24.3 Å². The van der Waals surface area contributed by atoms with E-state index in [2.05, 4.69) is 9.97 Å². The number of aromatic nitrogens is 4. The van der Waals surface area contributed by atoms with Crippen LogP contribution < -0.4 is 20.9 Å². The number of nitrogens with one attached hydrogen (secondary N) is 1. The number of fused-ring (bicyclic) bond motifs is 1. The zero-order valence-electron chi connectivity index (χ0n) is 18.9. The fourth-order valence-corrected chi connectivity index (χ4v) is 3.78. The fraction of sp³-hybridized carbons (Fsp3) is 0.292. The molecule has 4 aromatic rings. The predicted molar refractivity (Wildman–Crippen MR) is 127 cm³/mol. The Morgan fingerprint density at radius 3 is 2.64 bits per heavy atom. The number of anilines is 1. The lowest BCUT2D eigenvalue weighted by molar-refractivity contribution is 0.0936. The minimum Gasteiger partial charge on any atom is -0.491 e. The van der Waals surface area contributed by atoms with E-state index in [0.717, 1.165) is 11.1 Å². The first-order valence-electron chi connectivity index (χ1n) is 10.7. The lowest BCUT2D eigenvalue weighted by Gasteiger charge is -2.21. The number of benzene rings is 2. The van der Waals surface area contributed by atoms with E-state index in [4.69, 9.17) is 4.74 Å². The minimum atomic E-state index is -0.913. The van der Waals surface area contributed by atoms with Crippen molar-refractivity contribution in [1.82, 2.24) is 19.1 Å². The molecule has 9 nitrogen and oxygen atoms in total. The van der Waals surface area contributed by atoms with Gasteiger partial charge < -0.3 is 19.3 Å². The third-order valence-electron chi connectivity index (χ3n) is 5.42. The highest BCUT2D eigenvalue weighted by atomic mass is 16.5. The molecule has 9 heteroatoms. The molecule has 172 valence electrons. The smallest absolute Gasteiger partial charge is 0.329 e. The number of imidazole rings is 1. The summed E-state index contributed by atoms with van der Waals surface area (Å²) in [6.07, 6.45) is -0.913. The zero-order chi connectivity index (χ0) is 23.5. The minimum absolute atomic E-state index is 0.0363. The molecule has 2 N–H and O–H groups in total. The Morgan fingerprint density at radius 2 is 1.91 bits per heavy atom. The third kappa shape index (κ3) is 4.83. The molecular weight excluding hydrogens is 422 g/mol. The van der Waals surface area contributed by atoms with Crippen molar-refractivity contribution in [2.45, 2.75) is 26.1 Å². The first-order valence-corrected chi connectivity index (χ1v) is 10.7. The molecule has 0 unspecified atom stereocenters. The molecule has 33 heavy (non-hydrogen) atoms. The van der Waals surface area contributed by atoms with Gasteiger partial charge in [-0.2, -0.15) is 4.98 Å². The average molecular weight is 450 g/mol. The van der Waals surface area contributed by atoms with Crippen LogP contribution in [0.25, 0.3) is 11.2 Å². The van der Waals surface area contributed by atoms with Crippen molar-refractivity contribution in [3.8, 4) is 5.75 Å². The van der Waals surface area contributed by atoms with Crippen LogP contribution in [0.5, 0.6) is 5.75 Å². The number of rotatable bonds is 8. The van der Waals surface area contributed by atoms with Crippen molar-refractivity contribution in [3.63, 3.8) is 0 Å². The molecule has 1 atom stereocenters. The summed E-state index contributed by atoms with van der Waals surface area (Å²) in [5.41, 5.74) is 1.50. The number of hydrogen-bond acceptors (Lipinski definition) is 6. The van der Waals surface area contributed by atoms with E-state index < -0.39 is 17.4 Å². The molecule has 0 aliphatic heterocycles. The van der Waals surface area contributed by atoms with Gasteiger partial charge in [0, 0.05) is 20.6 Å². The Balaban J connectivity index is 1.67. The molecule has 0 aliphatic rings. The molecule has 0 bridgehead atoms. The number of aliphatic hydroxyl groups excluding tert-OH is 1. The molecule has 0 aliphatic carbocycles. The van der Waals surface area contributed by atoms with Crippen LogP contribution >= 0.6 is 0 Å². The topological polar surface area (TPSA) is 105 Å². The van der Waals surface area contributed by atoms with Gasteiger partial charge in [0.2, 0.25) is 5.95 Å². The van der Waals surface area contributed by atoms with Gasteiger partial charge in [-0.3, -0.25) is 14.3 Å². The highest BCUT2D eigenvalue weighted by Gasteiger charge is 2.22. The van der Waals surface area contributed by atoms with Crippen LogP contribution in [0.2, 0.25) is 0 Å². The summed E-state index contributed by atoms with van der Waals surface area (Å²) in [4.78, 5) is 33.6. The summed E-state index contributed by atoms with van der Waals surface area (Å²) < 4.78 is 8.67. The maximum Gasteiger partial charge on any atom is 0.329 e. The van der Waals surface area contributed by atoms with Crippen LogP contribution in [0.4, 0.5) is 5.95 Å². The number of hydrogen-bond donors (Lipinski definition) is 2. The Bertz CT molecular complexity index is 1370. The highest BCUT2D eigenvalue weighted by Crippen LogP contribution is 2.21. The van der Waals surface area contributed by atoms with Crippen LogP contribution in [0.3, 0.4) is 0 Å². The Labute approximate surface area is 190 Å². The van der Waals surface area contributed by atoms with Crippen molar-refractivity contribution in [2.75, 3.05) is 18.6 Å². The molecule has 0 saturated carbocycles. The van der Waals surface area contributed by atoms with Gasteiger partial charge in [0.1, 0.15) is 18.5 Å². The molecule has 0 radical (unpaired) electrons. The van der Waals surface area contributed by atoms with Gasteiger partial charge in [-0.05, 0) is 30.2 Å². The number of aliphatic hydroxyl groups is 1. The van der Waals surface area contributed by atoms with E-state index in [1.807, 2.05) is 73.5 Å². The Kier molecular flexibility index (Phi) is 6.32. The Morgan fingerprint density at radius 1 is 1.15 bits per heavy atom. The van der Waals surface area contributed by atoms with E-state index in [1.165, 1.54) is 4.57 Å². The van der Waals surface area contributed by atoms with Crippen molar-refractivity contribution in [3.05, 3.63) is 86.6 Å². The second-order valence-electron chi connectivity index (χ2n) is 8.14. The summed E-state index contributed by atoms with van der Waals surface area (Å²) >= 11 is 0. The molecular formula is C24H27N5O4. The lowest BCUT2D eigenvalue weighted by Crippen LogP contribution is -2.31. The molecule has 2 aromatic heterocycles. The van der Waals surface area contributed by atoms with E-state index in [1.54, 1.807) is 11.6 Å². The standard InChI is InChI=1S/C24H27N5O4/c1-16-8-7-11-19(12-16)33-15-18(30)14-29-20-21(28(3)24(32)26-22(20)31)25-23(29)27(2)13-17-9-5-4-6-10-17/h4-12,18,30H,13-15H2,1-3H3,(H,26,31,32)/t18-/m1/s1. The molecule has 2 aromatic carbocycles. The number of ether oxygens (including phenoxy) is 1. The predicted octanol–water partition coefficient (Wildman–Crippen LogP) is 1.81. The van der Waals surface area contributed by atoms with Crippen LogP contribution in [-0.2, 0) is 20.1 Å². The summed E-state index contributed by atoms with van der Waals surface area (Å²) in [6.45, 7) is 2.60. The first kappa shape index (κ1) is 22.3. The van der Waals surface area contributed by atoms with E-state index >= 15 is 0 Å². The number of aromatic amines is 1. The molecule has 0 spiro atoms. The third-order valence-corrected chi connectivity index (χ3v) is 5.42. The summed E-state index contributed by atoms with van der Waals surface area (Å²) in [5.74, 6) is 1.13. The second-order valence-corrected chi connectivity index (χ2v) is 8.14. The molecule has 4 rings (SSSR count). The number of H-pyrrole nitrogens is 1. The number of aryl methyl sites for hydroxylation is 2. The van der Waals surface area contributed by atoms with Gasteiger partial charge in [-0.15, -0.1) is 0 Å². The average Bonchev–Trinajstić information content (AvgIpc) is 3.17. The molecule has 0 fully saturated rings. The lowest BCUT2D eigenvalue weighted by atomic mass is 10.2. The molecule has 0 saturated heterocycles. The zero-order valence-corrected chi connectivity index (χ0v) is 18.9. The summed E-state index contributed by atoms with van der Waals surface area (Å²) in [6, 6.07) is 17.4. The maximum atomic E-state index is 12.7. The monoisotopic (exact) mass is 449 g/mol. The van der Waals surface area contributed by atoms with Crippen molar-refractivity contribution >= 4 is 17.1 Å². The van der Waals surface area contributed by atoms with Crippen molar-refractivity contribution < 1.29 is 9.84 Å². The van der Waals surface area contributed by atoms with E-state index in [9.17, 15) is 14.7 Å². The van der Waals surface area contributed by atoms with Gasteiger partial charge in [0.25, 0.3) is 5.56 Å². The second kappa shape index (κ2) is 9.33. The van der Waals surface area contributed by atoms with Gasteiger partial charge >= 0.3 is 5.69 Å². The van der Waals surface area contributed by atoms with Crippen LogP contribution in [0.15, 0.2) is 64.2 Å². The quantitative estimate of drug-likeness (QED) is 0.425. The van der Waals surface area contributed by atoms with Gasteiger partial charge in [0.15, 0.2) is 11.2 Å². The van der Waals surface area contributed by atoms with Crippen LogP contribution in [0.1, 0.15) is 11.1 Å². The fourth-order valence-electron chi connectivity index (χ4n) is 3.78. The Hall–Kier alpha value is -3.85. The summed E-state index contributed by atoms with van der Waals surface area (Å²) in [5, 5.41) is 10.7. The summed E-state index contributed by atoms with van der Waals surface area (Å²) in [7, 11) is 3.41.